The van der Waals surface area contributed by atoms with Crippen LogP contribution in [-0.2, 0) is 6.42 Å². The van der Waals surface area contributed by atoms with E-state index in [1.807, 2.05) is 23.1 Å². The van der Waals surface area contributed by atoms with E-state index in [1.165, 1.54) is 6.07 Å². The topological polar surface area (TPSA) is 134 Å². The van der Waals surface area contributed by atoms with Crippen LogP contribution in [0.4, 0.5) is 16.3 Å². The first-order valence-corrected chi connectivity index (χ1v) is 13.4. The van der Waals surface area contributed by atoms with E-state index in [2.05, 4.69) is 25.2 Å². The molecule has 206 valence electrons. The number of methoxy groups -OCH3 is 1. The molecule has 2 aromatic carbocycles. The highest BCUT2D eigenvalue weighted by molar-refractivity contribution is 6.28. The number of oxazole rings is 1. The first-order valence-electron chi connectivity index (χ1n) is 13.0. The van der Waals surface area contributed by atoms with Gasteiger partial charge in [0.25, 0.3) is 0 Å². The molecule has 40 heavy (non-hydrogen) atoms. The van der Waals surface area contributed by atoms with E-state index in [9.17, 15) is 14.4 Å². The number of piperidine rings is 1. The Morgan fingerprint density at radius 2 is 1.90 bits per heavy atom. The normalized spacial score (nSPS) is 16.0. The van der Waals surface area contributed by atoms with E-state index in [4.69, 9.17) is 20.8 Å². The summed E-state index contributed by atoms with van der Waals surface area (Å²) in [4.78, 5) is 53.1. The Morgan fingerprint density at radius 3 is 2.67 bits per heavy atom. The molecule has 0 radical (unpaired) electrons. The molecular weight excluding hydrogens is 536 g/mol. The van der Waals surface area contributed by atoms with Gasteiger partial charge in [0.15, 0.2) is 5.58 Å². The van der Waals surface area contributed by atoms with Gasteiger partial charge in [0.05, 0.1) is 12.6 Å². The van der Waals surface area contributed by atoms with Crippen molar-refractivity contribution in [2.24, 2.45) is 0 Å². The second-order valence-corrected chi connectivity index (χ2v) is 10.3. The molecule has 4 heterocycles. The second kappa shape index (κ2) is 10.3. The SMILES string of the molecule is COc1ccc2c(c1)CCN(C1CCN(c3cc(C(=O)c4cc(C)c5[nH]c(=O)oc5c4)nc(Cl)n3)CC1)C(=O)N2. The van der Waals surface area contributed by atoms with Crippen molar-refractivity contribution in [1.29, 1.82) is 0 Å². The molecule has 0 aliphatic carbocycles. The Balaban J connectivity index is 1.16. The Labute approximate surface area is 234 Å². The van der Waals surface area contributed by atoms with Crippen molar-refractivity contribution in [3.8, 4) is 5.75 Å². The van der Waals surface area contributed by atoms with Crippen molar-refractivity contribution in [2.75, 3.05) is 37.0 Å². The van der Waals surface area contributed by atoms with Gasteiger partial charge >= 0.3 is 11.8 Å². The molecule has 0 unspecified atom stereocenters. The summed E-state index contributed by atoms with van der Waals surface area (Å²) in [5, 5.41) is 3.01. The van der Waals surface area contributed by atoms with Crippen molar-refractivity contribution >= 4 is 46.0 Å². The molecule has 2 N–H and O–H groups in total. The number of halogens is 1. The number of aryl methyl sites for hydroxylation is 1. The number of rotatable bonds is 5. The predicted octanol–water partition coefficient (Wildman–Crippen LogP) is 4.17. The van der Waals surface area contributed by atoms with Crippen molar-refractivity contribution in [2.45, 2.75) is 32.2 Å². The number of nitrogens with zero attached hydrogens (tertiary/aromatic N) is 4. The van der Waals surface area contributed by atoms with Gasteiger partial charge in [-0.1, -0.05) is 0 Å². The molecule has 0 atom stereocenters. The number of H-pyrrole nitrogens is 1. The number of anilines is 2. The molecule has 0 spiro atoms. The lowest BCUT2D eigenvalue weighted by Gasteiger charge is -2.38. The van der Waals surface area contributed by atoms with E-state index in [-0.39, 0.29) is 28.8 Å². The first kappa shape index (κ1) is 25.9. The number of nitrogens with one attached hydrogen (secondary N) is 2. The van der Waals surface area contributed by atoms with Crippen LogP contribution in [0.1, 0.15) is 40.0 Å². The fourth-order valence-corrected chi connectivity index (χ4v) is 5.67. The Bertz CT molecular complexity index is 1690. The van der Waals surface area contributed by atoms with Crippen molar-refractivity contribution in [3.05, 3.63) is 74.6 Å². The minimum Gasteiger partial charge on any atom is -0.497 e. The molecule has 0 bridgehead atoms. The van der Waals surface area contributed by atoms with Gasteiger partial charge in [0, 0.05) is 43.0 Å². The number of aromatic nitrogens is 3. The summed E-state index contributed by atoms with van der Waals surface area (Å²) < 4.78 is 10.5. The third kappa shape index (κ3) is 4.88. The van der Waals surface area contributed by atoms with Gasteiger partial charge in [0.1, 0.15) is 17.3 Å². The van der Waals surface area contributed by atoms with E-state index < -0.39 is 5.76 Å². The van der Waals surface area contributed by atoms with Crippen LogP contribution in [0.15, 0.2) is 45.6 Å². The van der Waals surface area contributed by atoms with Gasteiger partial charge in [-0.05, 0) is 79.2 Å². The second-order valence-electron chi connectivity index (χ2n) is 10.0. The van der Waals surface area contributed by atoms with Crippen LogP contribution < -0.4 is 20.7 Å². The third-order valence-corrected chi connectivity index (χ3v) is 7.74. The molecule has 12 heteroatoms. The summed E-state index contributed by atoms with van der Waals surface area (Å²) in [7, 11) is 1.63. The van der Waals surface area contributed by atoms with E-state index in [0.717, 1.165) is 36.3 Å². The highest BCUT2D eigenvalue weighted by Crippen LogP contribution is 2.29. The van der Waals surface area contributed by atoms with Crippen LogP contribution in [0.3, 0.4) is 0 Å². The summed E-state index contributed by atoms with van der Waals surface area (Å²) in [6.45, 7) is 3.67. The molecule has 11 nitrogen and oxygen atoms in total. The quantitative estimate of drug-likeness (QED) is 0.273. The standard InChI is InChI=1S/C28H27ClN6O5/c1-15-11-17(13-22-24(15)33-28(38)40-22)25(36)21-14-23(32-26(29)30-21)34-8-6-18(7-9-34)35-10-5-16-12-19(39-2)3-4-20(16)31-27(35)37/h3-4,11-14,18H,5-10H2,1-2H3,(H,31,37)(H,33,38). The minimum absolute atomic E-state index is 0.0333. The maximum Gasteiger partial charge on any atom is 0.417 e. The first-order chi connectivity index (χ1) is 19.3. The minimum atomic E-state index is -0.583. The molecule has 2 aromatic heterocycles. The number of ether oxygens (including phenoxy) is 1. The zero-order chi connectivity index (χ0) is 28.0. The molecular formula is C28H27ClN6O5. The van der Waals surface area contributed by atoms with Gasteiger partial charge in [-0.2, -0.15) is 0 Å². The highest BCUT2D eigenvalue weighted by atomic mass is 35.5. The van der Waals surface area contributed by atoms with Crippen molar-refractivity contribution in [1.82, 2.24) is 19.9 Å². The number of aromatic amines is 1. The molecule has 2 aliphatic heterocycles. The summed E-state index contributed by atoms with van der Waals surface area (Å²) >= 11 is 6.25. The maximum absolute atomic E-state index is 13.3. The van der Waals surface area contributed by atoms with Crippen molar-refractivity contribution in [3.63, 3.8) is 0 Å². The lowest BCUT2D eigenvalue weighted by molar-refractivity contribution is 0.103. The number of urea groups is 1. The summed E-state index contributed by atoms with van der Waals surface area (Å²) in [5.41, 5.74) is 3.89. The van der Waals surface area contributed by atoms with Crippen LogP contribution in [0.2, 0.25) is 5.28 Å². The number of ketones is 1. The molecule has 4 aromatic rings. The van der Waals surface area contributed by atoms with Crippen LogP contribution in [0.25, 0.3) is 11.1 Å². The number of carbonyl (C=O) groups is 2. The average Bonchev–Trinajstić information content (AvgIpc) is 3.25. The third-order valence-electron chi connectivity index (χ3n) is 7.58. The smallest absolute Gasteiger partial charge is 0.417 e. The number of benzene rings is 2. The molecule has 1 fully saturated rings. The number of hydrogen-bond donors (Lipinski definition) is 2. The van der Waals surface area contributed by atoms with Crippen LogP contribution >= 0.6 is 11.6 Å². The number of fused-ring (bicyclic) bond motifs is 2. The lowest BCUT2D eigenvalue weighted by atomic mass is 10.0. The molecule has 1 saturated heterocycles. The zero-order valence-electron chi connectivity index (χ0n) is 22.0. The summed E-state index contributed by atoms with van der Waals surface area (Å²) in [6, 6.07) is 10.5. The number of carbonyl (C=O) groups excluding carboxylic acids is 2. The zero-order valence-corrected chi connectivity index (χ0v) is 22.7. The number of amides is 2. The predicted molar refractivity (Wildman–Crippen MR) is 150 cm³/mol. The van der Waals surface area contributed by atoms with Gasteiger partial charge in [0.2, 0.25) is 11.1 Å². The van der Waals surface area contributed by atoms with Crippen LogP contribution in [0.5, 0.6) is 5.75 Å². The van der Waals surface area contributed by atoms with Gasteiger partial charge in [-0.15, -0.1) is 0 Å². The highest BCUT2D eigenvalue weighted by Gasteiger charge is 2.31. The Kier molecular flexibility index (Phi) is 6.67. The average molecular weight is 563 g/mol. The Morgan fingerprint density at radius 1 is 1.10 bits per heavy atom. The van der Waals surface area contributed by atoms with Crippen LogP contribution in [-0.4, -0.2) is 64.5 Å². The number of hydrogen-bond acceptors (Lipinski definition) is 8. The molecule has 2 amide bonds. The van der Waals surface area contributed by atoms with Gasteiger partial charge < -0.3 is 24.3 Å². The Hall–Kier alpha value is -4.38. The van der Waals surface area contributed by atoms with Crippen molar-refractivity contribution < 1.29 is 18.7 Å². The molecule has 2 aliphatic rings. The molecule has 6 rings (SSSR count). The van der Waals surface area contributed by atoms with E-state index in [1.54, 1.807) is 26.2 Å². The fourth-order valence-electron chi connectivity index (χ4n) is 5.50. The van der Waals surface area contributed by atoms with E-state index in [0.29, 0.717) is 47.7 Å². The largest absolute Gasteiger partial charge is 0.497 e. The van der Waals surface area contributed by atoms with Crippen LogP contribution in [0, 0.1) is 6.92 Å². The van der Waals surface area contributed by atoms with E-state index >= 15 is 0 Å². The fraction of sp³-hybridized carbons (Fsp3) is 0.321. The summed E-state index contributed by atoms with van der Waals surface area (Å²) in [5.74, 6) is 0.378. The van der Waals surface area contributed by atoms with Gasteiger partial charge in [-0.25, -0.2) is 19.6 Å². The maximum atomic E-state index is 13.3. The monoisotopic (exact) mass is 562 g/mol. The van der Waals surface area contributed by atoms with Gasteiger partial charge in [-0.3, -0.25) is 9.78 Å². The lowest BCUT2D eigenvalue weighted by Crippen LogP contribution is -2.49. The molecule has 0 saturated carbocycles. The summed E-state index contributed by atoms with van der Waals surface area (Å²) in [6.07, 6.45) is 2.21.